The molecule has 0 saturated heterocycles. The molecule has 0 radical (unpaired) electrons. The molecule has 16 heavy (non-hydrogen) atoms. The molecule has 0 aliphatic rings. The van der Waals surface area contributed by atoms with E-state index in [0.29, 0.717) is 0 Å². The Labute approximate surface area is 92.2 Å². The molecular formula is C12H9N3O. The van der Waals surface area contributed by atoms with Gasteiger partial charge in [0.2, 0.25) is 0 Å². The lowest BCUT2D eigenvalue weighted by molar-refractivity contribution is 0.480. The minimum atomic E-state index is 0.721. The van der Waals surface area contributed by atoms with Gasteiger partial charge in [0.05, 0.1) is 6.20 Å². The standard InChI is InChI=1S/C12H9N3O/c1-2-11(9-13-4-1)16-10-3-6-15-7-5-14-12(15)8-10/h1-9H. The summed E-state index contributed by atoms with van der Waals surface area (Å²) in [5.74, 6) is 1.48. The molecule has 0 spiro atoms. The first kappa shape index (κ1) is 8.91. The second kappa shape index (κ2) is 3.66. The topological polar surface area (TPSA) is 39.4 Å². The molecule has 0 saturated carbocycles. The van der Waals surface area contributed by atoms with E-state index in [-0.39, 0.29) is 0 Å². The molecule has 0 atom stereocenters. The Balaban J connectivity index is 1.94. The number of fused-ring (bicyclic) bond motifs is 1. The summed E-state index contributed by atoms with van der Waals surface area (Å²) in [7, 11) is 0. The highest BCUT2D eigenvalue weighted by molar-refractivity contribution is 5.45. The van der Waals surface area contributed by atoms with Crippen LogP contribution in [0, 0.1) is 0 Å². The van der Waals surface area contributed by atoms with E-state index in [2.05, 4.69) is 9.97 Å². The van der Waals surface area contributed by atoms with Crippen molar-refractivity contribution in [2.45, 2.75) is 0 Å². The van der Waals surface area contributed by atoms with Crippen molar-refractivity contribution in [2.24, 2.45) is 0 Å². The first-order chi connectivity index (χ1) is 7.92. The summed E-state index contributed by atoms with van der Waals surface area (Å²) in [5.41, 5.74) is 0.862. The van der Waals surface area contributed by atoms with Crippen LogP contribution in [0.5, 0.6) is 11.5 Å². The number of ether oxygens (including phenoxy) is 1. The quantitative estimate of drug-likeness (QED) is 0.653. The van der Waals surface area contributed by atoms with Gasteiger partial charge in [0.1, 0.15) is 17.1 Å². The van der Waals surface area contributed by atoms with E-state index in [1.165, 1.54) is 0 Å². The van der Waals surface area contributed by atoms with Crippen LogP contribution in [0.2, 0.25) is 0 Å². The molecule has 0 aromatic carbocycles. The van der Waals surface area contributed by atoms with Gasteiger partial charge < -0.3 is 9.14 Å². The fourth-order valence-electron chi connectivity index (χ4n) is 1.50. The number of aromatic nitrogens is 3. The Morgan fingerprint density at radius 3 is 2.94 bits per heavy atom. The number of nitrogens with zero attached hydrogens (tertiary/aromatic N) is 3. The van der Waals surface area contributed by atoms with Crippen molar-refractivity contribution in [2.75, 3.05) is 0 Å². The van der Waals surface area contributed by atoms with E-state index >= 15 is 0 Å². The van der Waals surface area contributed by atoms with Crippen molar-refractivity contribution in [1.82, 2.24) is 14.4 Å². The maximum Gasteiger partial charge on any atom is 0.145 e. The molecule has 4 heteroatoms. The van der Waals surface area contributed by atoms with Crippen molar-refractivity contribution in [1.29, 1.82) is 0 Å². The number of hydrogen-bond donors (Lipinski definition) is 0. The summed E-state index contributed by atoms with van der Waals surface area (Å²) >= 11 is 0. The number of rotatable bonds is 2. The van der Waals surface area contributed by atoms with Crippen LogP contribution in [0.3, 0.4) is 0 Å². The Kier molecular flexibility index (Phi) is 2.04. The second-order valence-electron chi connectivity index (χ2n) is 3.35. The van der Waals surface area contributed by atoms with Crippen LogP contribution < -0.4 is 4.74 Å². The van der Waals surface area contributed by atoms with Crippen LogP contribution in [0.1, 0.15) is 0 Å². The second-order valence-corrected chi connectivity index (χ2v) is 3.35. The average molecular weight is 211 g/mol. The molecule has 0 bridgehead atoms. The third-order valence-corrected chi connectivity index (χ3v) is 2.24. The molecule has 0 N–H and O–H groups in total. The fraction of sp³-hybridized carbons (Fsp3) is 0. The van der Waals surface area contributed by atoms with Crippen LogP contribution in [-0.2, 0) is 0 Å². The van der Waals surface area contributed by atoms with Gasteiger partial charge in [0.15, 0.2) is 0 Å². The van der Waals surface area contributed by atoms with Crippen LogP contribution in [0.25, 0.3) is 5.65 Å². The van der Waals surface area contributed by atoms with E-state index in [4.69, 9.17) is 4.74 Å². The third-order valence-electron chi connectivity index (χ3n) is 2.24. The van der Waals surface area contributed by atoms with Crippen molar-refractivity contribution < 1.29 is 4.74 Å². The molecule has 4 nitrogen and oxygen atoms in total. The van der Waals surface area contributed by atoms with Crippen LogP contribution in [0.15, 0.2) is 55.2 Å². The molecule has 0 fully saturated rings. The van der Waals surface area contributed by atoms with Gasteiger partial charge in [0.25, 0.3) is 0 Å². The number of hydrogen-bond acceptors (Lipinski definition) is 3. The Hall–Kier alpha value is -2.36. The first-order valence-corrected chi connectivity index (χ1v) is 4.92. The molecular weight excluding hydrogens is 202 g/mol. The zero-order valence-electron chi connectivity index (χ0n) is 8.45. The fourth-order valence-corrected chi connectivity index (χ4v) is 1.50. The van der Waals surface area contributed by atoms with Crippen LogP contribution in [-0.4, -0.2) is 14.4 Å². The van der Waals surface area contributed by atoms with Crippen molar-refractivity contribution in [3.05, 3.63) is 55.2 Å². The highest BCUT2D eigenvalue weighted by Gasteiger charge is 1.99. The zero-order valence-corrected chi connectivity index (χ0v) is 8.45. The molecule has 3 heterocycles. The van der Waals surface area contributed by atoms with Crippen molar-refractivity contribution in [3.63, 3.8) is 0 Å². The minimum absolute atomic E-state index is 0.721. The predicted molar refractivity (Wildman–Crippen MR) is 59.5 cm³/mol. The maximum absolute atomic E-state index is 5.64. The molecule has 78 valence electrons. The molecule has 0 amide bonds. The van der Waals surface area contributed by atoms with Crippen molar-refractivity contribution >= 4 is 5.65 Å². The van der Waals surface area contributed by atoms with Gasteiger partial charge in [-0.15, -0.1) is 0 Å². The van der Waals surface area contributed by atoms with Crippen LogP contribution >= 0.6 is 0 Å². The largest absolute Gasteiger partial charge is 0.456 e. The molecule has 0 aliphatic heterocycles. The summed E-state index contributed by atoms with van der Waals surface area (Å²) in [6.45, 7) is 0. The van der Waals surface area contributed by atoms with E-state index in [9.17, 15) is 0 Å². The number of imidazole rings is 1. The van der Waals surface area contributed by atoms with E-state index < -0.39 is 0 Å². The lowest BCUT2D eigenvalue weighted by Gasteiger charge is -2.04. The van der Waals surface area contributed by atoms with Crippen molar-refractivity contribution in [3.8, 4) is 11.5 Å². The molecule has 0 unspecified atom stereocenters. The Morgan fingerprint density at radius 1 is 1.06 bits per heavy atom. The number of pyridine rings is 2. The van der Waals surface area contributed by atoms with Gasteiger partial charge in [0, 0.05) is 30.9 Å². The van der Waals surface area contributed by atoms with E-state index in [1.807, 2.05) is 41.1 Å². The monoisotopic (exact) mass is 211 g/mol. The molecule has 0 aliphatic carbocycles. The summed E-state index contributed by atoms with van der Waals surface area (Å²) in [5, 5.41) is 0. The lowest BCUT2D eigenvalue weighted by atomic mass is 10.4. The van der Waals surface area contributed by atoms with Gasteiger partial charge in [-0.05, 0) is 18.2 Å². The summed E-state index contributed by atoms with van der Waals surface area (Å²) in [4.78, 5) is 8.18. The third kappa shape index (κ3) is 1.61. The smallest absolute Gasteiger partial charge is 0.145 e. The van der Waals surface area contributed by atoms with Gasteiger partial charge in [-0.3, -0.25) is 4.98 Å². The molecule has 3 aromatic heterocycles. The predicted octanol–water partition coefficient (Wildman–Crippen LogP) is 2.52. The highest BCUT2D eigenvalue weighted by atomic mass is 16.5. The van der Waals surface area contributed by atoms with Gasteiger partial charge in [-0.1, -0.05) is 0 Å². The Bertz CT molecular complexity index is 604. The SMILES string of the molecule is c1cncc(Oc2ccn3ccnc3c2)c1. The highest BCUT2D eigenvalue weighted by Crippen LogP contribution is 2.20. The Morgan fingerprint density at radius 2 is 2.06 bits per heavy atom. The normalized spacial score (nSPS) is 10.5. The van der Waals surface area contributed by atoms with Gasteiger partial charge in [-0.2, -0.15) is 0 Å². The average Bonchev–Trinajstić information content (AvgIpc) is 2.77. The zero-order chi connectivity index (χ0) is 10.8. The summed E-state index contributed by atoms with van der Waals surface area (Å²) in [6, 6.07) is 7.47. The summed E-state index contributed by atoms with van der Waals surface area (Å²) in [6.07, 6.45) is 8.95. The minimum Gasteiger partial charge on any atom is -0.456 e. The maximum atomic E-state index is 5.64. The van der Waals surface area contributed by atoms with Gasteiger partial charge in [-0.25, -0.2) is 4.98 Å². The van der Waals surface area contributed by atoms with Crippen LogP contribution in [0.4, 0.5) is 0 Å². The lowest BCUT2D eigenvalue weighted by Crippen LogP contribution is -1.87. The van der Waals surface area contributed by atoms with E-state index in [0.717, 1.165) is 17.1 Å². The van der Waals surface area contributed by atoms with Gasteiger partial charge >= 0.3 is 0 Å². The first-order valence-electron chi connectivity index (χ1n) is 4.92. The molecule has 3 rings (SSSR count). The molecule has 3 aromatic rings. The van der Waals surface area contributed by atoms with E-state index in [1.54, 1.807) is 18.6 Å². The summed E-state index contributed by atoms with van der Waals surface area (Å²) < 4.78 is 7.57.